The van der Waals surface area contributed by atoms with Crippen LogP contribution in [-0.4, -0.2) is 38.5 Å². The van der Waals surface area contributed by atoms with Gasteiger partial charge in [-0.1, -0.05) is 26.0 Å². The van der Waals surface area contributed by atoms with Crippen molar-refractivity contribution >= 4 is 17.7 Å². The quantitative estimate of drug-likeness (QED) is 0.550. The summed E-state index contributed by atoms with van der Waals surface area (Å²) in [6, 6.07) is 7.27. The molecule has 0 bridgehead atoms. The molecule has 1 aliphatic heterocycles. The van der Waals surface area contributed by atoms with Crippen molar-refractivity contribution < 1.29 is 28.6 Å². The summed E-state index contributed by atoms with van der Waals surface area (Å²) in [7, 11) is 2.84. The Morgan fingerprint density at radius 3 is 2.61 bits per heavy atom. The highest BCUT2D eigenvalue weighted by Crippen LogP contribution is 2.45. The van der Waals surface area contributed by atoms with Crippen LogP contribution in [0.4, 0.5) is 0 Å². The molecule has 7 heteroatoms. The monoisotopic (exact) mass is 427 g/mol. The molecule has 1 aliphatic carbocycles. The first-order chi connectivity index (χ1) is 14.8. The van der Waals surface area contributed by atoms with Crippen molar-refractivity contribution in [1.29, 1.82) is 0 Å². The van der Waals surface area contributed by atoms with Crippen LogP contribution in [0.1, 0.15) is 45.1 Å². The Morgan fingerprint density at radius 2 is 1.97 bits per heavy atom. The number of ketones is 1. The molecule has 166 valence electrons. The van der Waals surface area contributed by atoms with Gasteiger partial charge in [0.2, 0.25) is 0 Å². The van der Waals surface area contributed by atoms with Crippen LogP contribution in [0, 0.1) is 11.8 Å². The third-order valence-corrected chi connectivity index (χ3v) is 5.83. The number of rotatable bonds is 6. The van der Waals surface area contributed by atoms with Crippen molar-refractivity contribution in [2.45, 2.75) is 39.5 Å². The fraction of sp³-hybridized carbons (Fsp3) is 0.458. The van der Waals surface area contributed by atoms with E-state index in [9.17, 15) is 14.4 Å². The molecule has 0 aromatic heterocycles. The van der Waals surface area contributed by atoms with Gasteiger partial charge in [-0.2, -0.15) is 0 Å². The molecule has 31 heavy (non-hydrogen) atoms. The summed E-state index contributed by atoms with van der Waals surface area (Å²) in [6.45, 7) is 5.86. The largest absolute Gasteiger partial charge is 0.497 e. The predicted octanol–water partition coefficient (Wildman–Crippen LogP) is 3.26. The Hall–Kier alpha value is -3.09. The number of carbonyl (C=O) groups excluding carboxylic acids is 3. The number of carbonyl (C=O) groups is 3. The number of hydrogen-bond acceptors (Lipinski definition) is 7. The van der Waals surface area contributed by atoms with Crippen LogP contribution in [0.25, 0.3) is 0 Å². The average Bonchev–Trinajstić information content (AvgIpc) is 2.76. The van der Waals surface area contributed by atoms with E-state index in [0.717, 1.165) is 11.3 Å². The second-order valence-electron chi connectivity index (χ2n) is 7.95. The molecule has 1 aromatic carbocycles. The third kappa shape index (κ3) is 4.22. The average molecular weight is 427 g/mol. The molecular weight excluding hydrogens is 398 g/mol. The second-order valence-corrected chi connectivity index (χ2v) is 7.95. The standard InChI is InChI=1S/C24H29NO6/c1-6-10-31-24(28)19-14(3)25-17-11-13(2)18(23(27)30-5)22(26)21(17)20(19)15-8-7-9-16(12-15)29-4/h7-9,12-13,18,20,25H,6,10-11H2,1-5H3/t13-,18+,20-/m0/s1. The van der Waals surface area contributed by atoms with E-state index in [-0.39, 0.29) is 18.3 Å². The highest BCUT2D eigenvalue weighted by molar-refractivity contribution is 6.12. The van der Waals surface area contributed by atoms with Gasteiger partial charge in [0.25, 0.3) is 0 Å². The Morgan fingerprint density at radius 1 is 1.23 bits per heavy atom. The summed E-state index contributed by atoms with van der Waals surface area (Å²) in [4.78, 5) is 39.1. The summed E-state index contributed by atoms with van der Waals surface area (Å²) < 4.78 is 15.7. The third-order valence-electron chi connectivity index (χ3n) is 5.83. The van der Waals surface area contributed by atoms with Crippen molar-refractivity contribution in [2.75, 3.05) is 20.8 Å². The number of benzene rings is 1. The van der Waals surface area contributed by atoms with Crippen molar-refractivity contribution in [1.82, 2.24) is 5.32 Å². The zero-order chi connectivity index (χ0) is 22.7. The fourth-order valence-electron chi connectivity index (χ4n) is 4.38. The molecule has 1 aromatic rings. The number of ether oxygens (including phenoxy) is 3. The van der Waals surface area contributed by atoms with E-state index in [4.69, 9.17) is 14.2 Å². The number of hydrogen-bond donors (Lipinski definition) is 1. The highest BCUT2D eigenvalue weighted by Gasteiger charge is 2.47. The summed E-state index contributed by atoms with van der Waals surface area (Å²) in [5.41, 5.74) is 2.88. The Balaban J connectivity index is 2.17. The maximum absolute atomic E-state index is 13.6. The molecular formula is C24H29NO6. The lowest BCUT2D eigenvalue weighted by Gasteiger charge is -2.38. The predicted molar refractivity (Wildman–Crippen MR) is 114 cm³/mol. The summed E-state index contributed by atoms with van der Waals surface area (Å²) in [5, 5.41) is 3.25. The van der Waals surface area contributed by atoms with Crippen molar-refractivity contribution in [3.8, 4) is 5.75 Å². The molecule has 3 atom stereocenters. The minimum atomic E-state index is -0.912. The van der Waals surface area contributed by atoms with Gasteiger partial charge in [-0.25, -0.2) is 4.79 Å². The van der Waals surface area contributed by atoms with E-state index in [1.54, 1.807) is 26.2 Å². The normalized spacial score (nSPS) is 23.1. The lowest BCUT2D eigenvalue weighted by atomic mass is 9.69. The van der Waals surface area contributed by atoms with E-state index in [1.165, 1.54) is 7.11 Å². The lowest BCUT2D eigenvalue weighted by molar-refractivity contribution is -0.151. The highest BCUT2D eigenvalue weighted by atomic mass is 16.5. The minimum Gasteiger partial charge on any atom is -0.497 e. The molecule has 0 fully saturated rings. The smallest absolute Gasteiger partial charge is 0.336 e. The van der Waals surface area contributed by atoms with Crippen LogP contribution >= 0.6 is 0 Å². The Kier molecular flexibility index (Phi) is 6.83. The van der Waals surface area contributed by atoms with Gasteiger partial charge in [0, 0.05) is 22.9 Å². The Bertz CT molecular complexity index is 961. The molecule has 1 N–H and O–H groups in total. The molecule has 2 aliphatic rings. The van der Waals surface area contributed by atoms with Crippen molar-refractivity contribution in [3.05, 3.63) is 52.4 Å². The summed E-state index contributed by atoms with van der Waals surface area (Å²) in [5.74, 6) is -2.55. The van der Waals surface area contributed by atoms with Gasteiger partial charge in [-0.15, -0.1) is 0 Å². The zero-order valence-corrected chi connectivity index (χ0v) is 18.6. The van der Waals surface area contributed by atoms with Crippen LogP contribution in [0.2, 0.25) is 0 Å². The van der Waals surface area contributed by atoms with Crippen LogP contribution in [0.3, 0.4) is 0 Å². The van der Waals surface area contributed by atoms with Crippen molar-refractivity contribution in [2.24, 2.45) is 11.8 Å². The molecule has 0 spiro atoms. The maximum Gasteiger partial charge on any atom is 0.336 e. The SMILES string of the molecule is CCCOC(=O)C1=C(C)NC2=C(C(=O)[C@H](C(=O)OC)[C@@H](C)C2)[C@H]1c1cccc(OC)c1. The summed E-state index contributed by atoms with van der Waals surface area (Å²) in [6.07, 6.45) is 1.18. The molecule has 0 saturated heterocycles. The molecule has 7 nitrogen and oxygen atoms in total. The minimum absolute atomic E-state index is 0.224. The van der Waals surface area contributed by atoms with Gasteiger partial charge in [-0.3, -0.25) is 9.59 Å². The number of nitrogens with one attached hydrogen (secondary N) is 1. The van der Waals surface area contributed by atoms with Gasteiger partial charge in [0.15, 0.2) is 5.78 Å². The van der Waals surface area contributed by atoms with Crippen LogP contribution in [0.15, 0.2) is 46.8 Å². The van der Waals surface area contributed by atoms with E-state index < -0.39 is 23.8 Å². The number of methoxy groups -OCH3 is 2. The van der Waals surface area contributed by atoms with Crippen molar-refractivity contribution in [3.63, 3.8) is 0 Å². The molecule has 0 unspecified atom stereocenters. The van der Waals surface area contributed by atoms with Gasteiger partial charge in [0.1, 0.15) is 11.7 Å². The first kappa shape index (κ1) is 22.6. The molecule has 0 radical (unpaired) electrons. The number of dihydropyridines is 1. The molecule has 0 amide bonds. The maximum atomic E-state index is 13.6. The molecule has 3 rings (SSSR count). The first-order valence-electron chi connectivity index (χ1n) is 10.5. The number of esters is 2. The van der Waals surface area contributed by atoms with Crippen LogP contribution in [-0.2, 0) is 23.9 Å². The zero-order valence-electron chi connectivity index (χ0n) is 18.6. The van der Waals surface area contributed by atoms with E-state index in [1.807, 2.05) is 26.0 Å². The molecule has 1 heterocycles. The van der Waals surface area contributed by atoms with E-state index in [0.29, 0.717) is 35.4 Å². The number of allylic oxidation sites excluding steroid dienone is 3. The van der Waals surface area contributed by atoms with Gasteiger partial charge < -0.3 is 19.5 Å². The van der Waals surface area contributed by atoms with Gasteiger partial charge >= 0.3 is 11.9 Å². The molecule has 0 saturated carbocycles. The number of Topliss-reactive ketones (excluding diaryl/α,β-unsaturated/α-hetero) is 1. The second kappa shape index (κ2) is 9.37. The lowest BCUT2D eigenvalue weighted by Crippen LogP contribution is -2.43. The van der Waals surface area contributed by atoms with Crippen LogP contribution in [0.5, 0.6) is 5.75 Å². The van der Waals surface area contributed by atoms with E-state index >= 15 is 0 Å². The first-order valence-corrected chi connectivity index (χ1v) is 10.5. The topological polar surface area (TPSA) is 90.9 Å². The van der Waals surface area contributed by atoms with E-state index in [2.05, 4.69) is 5.32 Å². The van der Waals surface area contributed by atoms with Gasteiger partial charge in [-0.05, 0) is 43.4 Å². The fourth-order valence-corrected chi connectivity index (χ4v) is 4.38. The Labute approximate surface area is 182 Å². The summed E-state index contributed by atoms with van der Waals surface area (Å²) >= 11 is 0. The van der Waals surface area contributed by atoms with Gasteiger partial charge in [0.05, 0.1) is 26.4 Å². The van der Waals surface area contributed by atoms with Crippen LogP contribution < -0.4 is 10.1 Å².